The molecule has 0 N–H and O–H groups in total. The van der Waals surface area contributed by atoms with Crippen molar-refractivity contribution in [2.75, 3.05) is 32.9 Å². The molecule has 2 saturated heterocycles. The van der Waals surface area contributed by atoms with Crippen molar-refractivity contribution in [3.63, 3.8) is 0 Å². The van der Waals surface area contributed by atoms with Crippen molar-refractivity contribution >= 4 is 5.91 Å². The summed E-state index contributed by atoms with van der Waals surface area (Å²) in [6.45, 7) is 6.99. The van der Waals surface area contributed by atoms with Crippen LogP contribution >= 0.6 is 0 Å². The molecular formula is C17H23N3O3. The zero-order valence-electron chi connectivity index (χ0n) is 13.3. The Balaban J connectivity index is 1.75. The third-order valence-electron chi connectivity index (χ3n) is 4.73. The van der Waals surface area contributed by atoms with Gasteiger partial charge in [0.2, 0.25) is 0 Å². The highest BCUT2D eigenvalue weighted by molar-refractivity contribution is 5.93. The van der Waals surface area contributed by atoms with Crippen molar-refractivity contribution in [2.24, 2.45) is 5.41 Å². The van der Waals surface area contributed by atoms with E-state index >= 15 is 0 Å². The lowest BCUT2D eigenvalue weighted by Crippen LogP contribution is -2.58. The molecule has 6 heteroatoms. The van der Waals surface area contributed by atoms with Gasteiger partial charge in [-0.25, -0.2) is 0 Å². The maximum Gasteiger partial charge on any atom is 0.255 e. The number of aromatic nitrogens is 2. The molecule has 124 valence electrons. The summed E-state index contributed by atoms with van der Waals surface area (Å²) in [7, 11) is 0. The van der Waals surface area contributed by atoms with Gasteiger partial charge >= 0.3 is 0 Å². The van der Waals surface area contributed by atoms with E-state index in [2.05, 4.69) is 16.8 Å². The first-order valence-electron chi connectivity index (χ1n) is 8.11. The van der Waals surface area contributed by atoms with Gasteiger partial charge in [-0.15, -0.1) is 6.58 Å². The summed E-state index contributed by atoms with van der Waals surface area (Å²) in [6, 6.07) is 1.71. The molecule has 3 heterocycles. The summed E-state index contributed by atoms with van der Waals surface area (Å²) in [6.07, 6.45) is 7.87. The summed E-state index contributed by atoms with van der Waals surface area (Å²) in [4.78, 5) is 14.6. The van der Waals surface area contributed by atoms with Gasteiger partial charge in [0.05, 0.1) is 37.3 Å². The van der Waals surface area contributed by atoms with Crippen LogP contribution in [0.15, 0.2) is 31.1 Å². The molecule has 0 bridgehead atoms. The van der Waals surface area contributed by atoms with Crippen LogP contribution in [0.5, 0.6) is 0 Å². The van der Waals surface area contributed by atoms with Crippen molar-refractivity contribution < 1.29 is 14.3 Å². The number of nitrogens with zero attached hydrogens (tertiary/aromatic N) is 3. The Hall–Kier alpha value is -1.79. The number of carbonyl (C=O) groups is 1. The van der Waals surface area contributed by atoms with Gasteiger partial charge in [-0.3, -0.25) is 4.79 Å². The van der Waals surface area contributed by atoms with E-state index in [1.54, 1.807) is 18.3 Å². The molecule has 2 unspecified atom stereocenters. The first-order valence-corrected chi connectivity index (χ1v) is 8.11. The Morgan fingerprint density at radius 1 is 1.57 bits per heavy atom. The largest absolute Gasteiger partial charge is 0.377 e. The Bertz CT molecular complexity index is 551. The highest BCUT2D eigenvalue weighted by Gasteiger charge is 2.47. The van der Waals surface area contributed by atoms with E-state index in [1.165, 1.54) is 6.20 Å². The summed E-state index contributed by atoms with van der Waals surface area (Å²) >= 11 is 0. The molecule has 1 amide bonds. The minimum Gasteiger partial charge on any atom is -0.377 e. The fourth-order valence-corrected chi connectivity index (χ4v) is 3.62. The number of hydrogen-bond acceptors (Lipinski definition) is 5. The first-order chi connectivity index (χ1) is 11.2. The van der Waals surface area contributed by atoms with Crippen molar-refractivity contribution in [2.45, 2.75) is 25.4 Å². The second-order valence-corrected chi connectivity index (χ2v) is 6.28. The standard InChI is InChI=1S/C17H23N3O3/c1-2-9-22-13-17-6-3-10-23-15(17)5-8-20(12-17)16(21)14-4-7-18-19-11-14/h2,4,7,11,15H,1,3,5-6,8-10,12-13H2. The number of rotatable bonds is 5. The van der Waals surface area contributed by atoms with Crippen LogP contribution in [0.1, 0.15) is 29.6 Å². The van der Waals surface area contributed by atoms with Crippen molar-refractivity contribution in [1.82, 2.24) is 15.1 Å². The van der Waals surface area contributed by atoms with Crippen LogP contribution in [0, 0.1) is 5.41 Å². The summed E-state index contributed by atoms with van der Waals surface area (Å²) in [5.74, 6) is 0.00650. The number of ether oxygens (including phenoxy) is 2. The van der Waals surface area contributed by atoms with E-state index in [4.69, 9.17) is 9.47 Å². The molecule has 0 aromatic carbocycles. The molecule has 6 nitrogen and oxygen atoms in total. The Morgan fingerprint density at radius 2 is 2.48 bits per heavy atom. The molecule has 0 radical (unpaired) electrons. The number of piperidine rings is 1. The van der Waals surface area contributed by atoms with Crippen LogP contribution in [0.25, 0.3) is 0 Å². The van der Waals surface area contributed by atoms with Crippen molar-refractivity contribution in [3.05, 3.63) is 36.7 Å². The zero-order chi connectivity index (χ0) is 16.1. The van der Waals surface area contributed by atoms with E-state index in [0.717, 1.165) is 25.9 Å². The minimum absolute atomic E-state index is 0.00650. The quantitative estimate of drug-likeness (QED) is 0.611. The zero-order valence-corrected chi connectivity index (χ0v) is 13.3. The number of hydrogen-bond donors (Lipinski definition) is 0. The first kappa shape index (κ1) is 16.1. The summed E-state index contributed by atoms with van der Waals surface area (Å²) < 4.78 is 11.7. The lowest BCUT2D eigenvalue weighted by atomic mass is 9.73. The Morgan fingerprint density at radius 3 is 3.26 bits per heavy atom. The predicted octanol–water partition coefficient (Wildman–Crippen LogP) is 1.69. The van der Waals surface area contributed by atoms with Crippen molar-refractivity contribution in [3.8, 4) is 0 Å². The van der Waals surface area contributed by atoms with Gasteiger partial charge in [-0.05, 0) is 25.3 Å². The average Bonchev–Trinajstić information content (AvgIpc) is 2.61. The highest BCUT2D eigenvalue weighted by atomic mass is 16.5. The smallest absolute Gasteiger partial charge is 0.255 e. The number of fused-ring (bicyclic) bond motifs is 1. The molecular weight excluding hydrogens is 294 g/mol. The normalized spacial score (nSPS) is 27.3. The third-order valence-corrected chi connectivity index (χ3v) is 4.73. The minimum atomic E-state index is -0.115. The highest BCUT2D eigenvalue weighted by Crippen LogP contribution is 2.40. The van der Waals surface area contributed by atoms with Gasteiger partial charge in [0.15, 0.2) is 0 Å². The lowest BCUT2D eigenvalue weighted by Gasteiger charge is -2.50. The average molecular weight is 317 g/mol. The van der Waals surface area contributed by atoms with Crippen LogP contribution in [0.2, 0.25) is 0 Å². The van der Waals surface area contributed by atoms with E-state index in [9.17, 15) is 4.79 Å². The summed E-state index contributed by atoms with van der Waals surface area (Å²) in [5, 5.41) is 7.53. The molecule has 0 saturated carbocycles. The Kier molecular flexibility index (Phi) is 5.03. The van der Waals surface area contributed by atoms with Crippen LogP contribution in [0.3, 0.4) is 0 Å². The molecule has 0 aliphatic carbocycles. The predicted molar refractivity (Wildman–Crippen MR) is 85.0 cm³/mol. The van der Waals surface area contributed by atoms with E-state index in [-0.39, 0.29) is 17.4 Å². The summed E-state index contributed by atoms with van der Waals surface area (Å²) in [5.41, 5.74) is 0.465. The molecule has 1 aromatic heterocycles. The SMILES string of the molecule is C=CCOCC12CCCOC1CCN(C(=O)c1ccnnc1)C2. The Labute approximate surface area is 136 Å². The van der Waals surface area contributed by atoms with Gasteiger partial charge in [-0.1, -0.05) is 6.08 Å². The molecule has 23 heavy (non-hydrogen) atoms. The van der Waals surface area contributed by atoms with Crippen LogP contribution in [0.4, 0.5) is 0 Å². The molecule has 2 fully saturated rings. The van der Waals surface area contributed by atoms with E-state index < -0.39 is 0 Å². The number of carbonyl (C=O) groups excluding carboxylic acids is 1. The molecule has 3 rings (SSSR count). The maximum absolute atomic E-state index is 12.7. The third kappa shape index (κ3) is 3.43. The second-order valence-electron chi connectivity index (χ2n) is 6.28. The monoisotopic (exact) mass is 317 g/mol. The van der Waals surface area contributed by atoms with Crippen LogP contribution in [-0.2, 0) is 9.47 Å². The second kappa shape index (κ2) is 7.19. The number of amides is 1. The number of likely N-dealkylation sites (tertiary alicyclic amines) is 1. The lowest BCUT2D eigenvalue weighted by molar-refractivity contribution is -0.144. The van der Waals surface area contributed by atoms with E-state index in [0.29, 0.717) is 31.9 Å². The molecule has 1 aromatic rings. The van der Waals surface area contributed by atoms with Gasteiger partial charge in [0.25, 0.3) is 5.91 Å². The molecule has 2 aliphatic rings. The fraction of sp³-hybridized carbons (Fsp3) is 0.588. The molecule has 2 aliphatic heterocycles. The molecule has 0 spiro atoms. The van der Waals surface area contributed by atoms with Gasteiger partial charge in [-0.2, -0.15) is 10.2 Å². The van der Waals surface area contributed by atoms with Gasteiger partial charge in [0.1, 0.15) is 0 Å². The van der Waals surface area contributed by atoms with E-state index in [1.807, 2.05) is 4.90 Å². The molecule has 2 atom stereocenters. The van der Waals surface area contributed by atoms with Crippen LogP contribution < -0.4 is 0 Å². The van der Waals surface area contributed by atoms with Gasteiger partial charge in [0, 0.05) is 25.1 Å². The van der Waals surface area contributed by atoms with Crippen molar-refractivity contribution in [1.29, 1.82) is 0 Å². The maximum atomic E-state index is 12.7. The van der Waals surface area contributed by atoms with Crippen LogP contribution in [-0.4, -0.2) is 60.0 Å². The fourth-order valence-electron chi connectivity index (χ4n) is 3.62. The van der Waals surface area contributed by atoms with Gasteiger partial charge < -0.3 is 14.4 Å². The topological polar surface area (TPSA) is 64.6 Å².